The topological polar surface area (TPSA) is 28.2 Å². The normalized spacial score (nSPS) is 15.9. The monoisotopic (exact) mass is 239 g/mol. The second kappa shape index (κ2) is 5.75. The summed E-state index contributed by atoms with van der Waals surface area (Å²) in [4.78, 5) is 6.99. The van der Waals surface area contributed by atoms with Crippen molar-refractivity contribution < 1.29 is 0 Å². The van der Waals surface area contributed by atoms with Crippen molar-refractivity contribution >= 4 is 11.3 Å². The Morgan fingerprint density at radius 2 is 2.38 bits per heavy atom. The van der Waals surface area contributed by atoms with Gasteiger partial charge in [-0.3, -0.25) is 0 Å². The molecule has 1 aliphatic carbocycles. The summed E-state index contributed by atoms with van der Waals surface area (Å²) >= 11 is 1.77. The molecule has 0 saturated heterocycles. The molecule has 90 valence electrons. The lowest BCUT2D eigenvalue weighted by molar-refractivity contribution is 0.321. The average molecular weight is 239 g/mol. The standard InChI is InChI=1S/C12H21N3S/c1-3-12-14-10(9-16-12)8-13-6-7-15(2)11-4-5-11/h9,11,13H,3-8H2,1-2H3. The van der Waals surface area contributed by atoms with Crippen LogP contribution in [-0.2, 0) is 13.0 Å². The summed E-state index contributed by atoms with van der Waals surface area (Å²) in [5.41, 5.74) is 1.19. The van der Waals surface area contributed by atoms with Gasteiger partial charge in [-0.2, -0.15) is 0 Å². The van der Waals surface area contributed by atoms with Crippen molar-refractivity contribution in [2.45, 2.75) is 38.8 Å². The van der Waals surface area contributed by atoms with E-state index in [-0.39, 0.29) is 0 Å². The summed E-state index contributed by atoms with van der Waals surface area (Å²) in [5, 5.41) is 6.86. The minimum Gasteiger partial charge on any atom is -0.310 e. The molecule has 0 atom stereocenters. The Hall–Kier alpha value is -0.450. The van der Waals surface area contributed by atoms with Gasteiger partial charge in [-0.15, -0.1) is 11.3 Å². The van der Waals surface area contributed by atoms with Crippen molar-refractivity contribution in [1.29, 1.82) is 0 Å². The predicted molar refractivity (Wildman–Crippen MR) is 68.9 cm³/mol. The smallest absolute Gasteiger partial charge is 0.0926 e. The lowest BCUT2D eigenvalue weighted by Crippen LogP contribution is -2.30. The van der Waals surface area contributed by atoms with Gasteiger partial charge in [0.05, 0.1) is 10.7 Å². The quantitative estimate of drug-likeness (QED) is 0.737. The number of thiazole rings is 1. The van der Waals surface area contributed by atoms with E-state index in [0.29, 0.717) is 0 Å². The van der Waals surface area contributed by atoms with Gasteiger partial charge in [0.15, 0.2) is 0 Å². The largest absolute Gasteiger partial charge is 0.310 e. The van der Waals surface area contributed by atoms with Crippen molar-refractivity contribution in [3.05, 3.63) is 16.1 Å². The fraction of sp³-hybridized carbons (Fsp3) is 0.750. The zero-order chi connectivity index (χ0) is 11.4. The van der Waals surface area contributed by atoms with Crippen LogP contribution in [-0.4, -0.2) is 36.1 Å². The zero-order valence-corrected chi connectivity index (χ0v) is 11.0. The number of hydrogen-bond acceptors (Lipinski definition) is 4. The van der Waals surface area contributed by atoms with Gasteiger partial charge >= 0.3 is 0 Å². The highest BCUT2D eigenvalue weighted by atomic mass is 32.1. The van der Waals surface area contributed by atoms with E-state index in [1.807, 2.05) is 0 Å². The molecular weight excluding hydrogens is 218 g/mol. The Morgan fingerprint density at radius 3 is 3.00 bits per heavy atom. The Kier molecular flexibility index (Phi) is 4.32. The summed E-state index contributed by atoms with van der Waals surface area (Å²) in [6, 6.07) is 0.868. The van der Waals surface area contributed by atoms with Crippen molar-refractivity contribution in [1.82, 2.24) is 15.2 Å². The Balaban J connectivity index is 1.60. The van der Waals surface area contributed by atoms with Crippen LogP contribution >= 0.6 is 11.3 Å². The minimum atomic E-state index is 0.868. The van der Waals surface area contributed by atoms with Crippen LogP contribution in [0.5, 0.6) is 0 Å². The molecule has 0 amide bonds. The Labute approximate surface area is 102 Å². The van der Waals surface area contributed by atoms with Crippen molar-refractivity contribution in [2.75, 3.05) is 20.1 Å². The van der Waals surface area contributed by atoms with Gasteiger partial charge in [0, 0.05) is 31.1 Å². The van der Waals surface area contributed by atoms with Crippen LogP contribution in [0.4, 0.5) is 0 Å². The van der Waals surface area contributed by atoms with Crippen LogP contribution in [0.2, 0.25) is 0 Å². The molecule has 16 heavy (non-hydrogen) atoms. The van der Waals surface area contributed by atoms with E-state index >= 15 is 0 Å². The lowest BCUT2D eigenvalue weighted by Gasteiger charge is -2.15. The maximum atomic E-state index is 4.54. The van der Waals surface area contributed by atoms with Gasteiger partial charge < -0.3 is 10.2 Å². The fourth-order valence-corrected chi connectivity index (χ4v) is 2.51. The molecule has 2 rings (SSSR count). The number of rotatable bonds is 7. The number of aryl methyl sites for hydroxylation is 1. The van der Waals surface area contributed by atoms with E-state index in [4.69, 9.17) is 0 Å². The molecular formula is C12H21N3S. The first-order valence-electron chi connectivity index (χ1n) is 6.14. The van der Waals surface area contributed by atoms with E-state index in [2.05, 4.69) is 34.6 Å². The Bertz CT molecular complexity index is 320. The van der Waals surface area contributed by atoms with Gasteiger partial charge in [-0.1, -0.05) is 6.92 Å². The highest BCUT2D eigenvalue weighted by Crippen LogP contribution is 2.24. The molecule has 0 bridgehead atoms. The number of nitrogens with one attached hydrogen (secondary N) is 1. The molecule has 1 aromatic heterocycles. The first-order chi connectivity index (χ1) is 7.79. The SMILES string of the molecule is CCc1nc(CNCCN(C)C2CC2)cs1. The predicted octanol–water partition coefficient (Wildman–Crippen LogP) is 1.89. The summed E-state index contributed by atoms with van der Waals surface area (Å²) in [7, 11) is 2.22. The fourth-order valence-electron chi connectivity index (χ4n) is 1.76. The molecule has 0 spiro atoms. The van der Waals surface area contributed by atoms with Crippen molar-refractivity contribution in [2.24, 2.45) is 0 Å². The zero-order valence-electron chi connectivity index (χ0n) is 10.2. The molecule has 0 aromatic carbocycles. The maximum absolute atomic E-state index is 4.54. The number of nitrogens with zero attached hydrogens (tertiary/aromatic N) is 2. The van der Waals surface area contributed by atoms with Gasteiger partial charge in [-0.25, -0.2) is 4.98 Å². The lowest BCUT2D eigenvalue weighted by atomic mass is 10.4. The second-order valence-electron chi connectivity index (χ2n) is 4.47. The van der Waals surface area contributed by atoms with Crippen LogP contribution in [0.15, 0.2) is 5.38 Å². The molecule has 1 saturated carbocycles. The minimum absolute atomic E-state index is 0.868. The van der Waals surface area contributed by atoms with Crippen LogP contribution in [0.3, 0.4) is 0 Å². The maximum Gasteiger partial charge on any atom is 0.0926 e. The molecule has 1 heterocycles. The van der Waals surface area contributed by atoms with E-state index in [1.165, 1.54) is 23.5 Å². The van der Waals surface area contributed by atoms with Gasteiger partial charge in [0.1, 0.15) is 0 Å². The number of aromatic nitrogens is 1. The van der Waals surface area contributed by atoms with Crippen LogP contribution in [0.25, 0.3) is 0 Å². The molecule has 4 heteroatoms. The molecule has 1 N–H and O–H groups in total. The molecule has 0 unspecified atom stereocenters. The highest BCUT2D eigenvalue weighted by molar-refractivity contribution is 7.09. The third-order valence-electron chi connectivity index (χ3n) is 3.02. The van der Waals surface area contributed by atoms with Gasteiger partial charge in [0.2, 0.25) is 0 Å². The third-order valence-corrected chi connectivity index (χ3v) is 4.06. The number of likely N-dealkylation sites (N-methyl/N-ethyl adjacent to an activating group) is 1. The molecule has 3 nitrogen and oxygen atoms in total. The molecule has 1 aromatic rings. The number of hydrogen-bond donors (Lipinski definition) is 1. The van der Waals surface area contributed by atoms with E-state index < -0.39 is 0 Å². The highest BCUT2D eigenvalue weighted by Gasteiger charge is 2.25. The third kappa shape index (κ3) is 3.54. The van der Waals surface area contributed by atoms with Crippen LogP contribution in [0.1, 0.15) is 30.5 Å². The summed E-state index contributed by atoms with van der Waals surface area (Å²) < 4.78 is 0. The average Bonchev–Trinajstić information content (AvgIpc) is 3.04. The molecule has 1 aliphatic rings. The molecule has 0 radical (unpaired) electrons. The van der Waals surface area contributed by atoms with Gasteiger partial charge in [0.25, 0.3) is 0 Å². The summed E-state index contributed by atoms with van der Waals surface area (Å²) in [6.07, 6.45) is 3.83. The van der Waals surface area contributed by atoms with E-state index in [1.54, 1.807) is 11.3 Å². The van der Waals surface area contributed by atoms with E-state index in [0.717, 1.165) is 32.1 Å². The van der Waals surface area contributed by atoms with Crippen LogP contribution < -0.4 is 5.32 Å². The van der Waals surface area contributed by atoms with E-state index in [9.17, 15) is 0 Å². The van der Waals surface area contributed by atoms with Crippen molar-refractivity contribution in [3.8, 4) is 0 Å². The first kappa shape index (κ1) is 12.0. The molecule has 1 fully saturated rings. The summed E-state index contributed by atoms with van der Waals surface area (Å²) in [6.45, 7) is 5.27. The summed E-state index contributed by atoms with van der Waals surface area (Å²) in [5.74, 6) is 0. The van der Waals surface area contributed by atoms with Crippen LogP contribution in [0, 0.1) is 0 Å². The van der Waals surface area contributed by atoms with Crippen molar-refractivity contribution in [3.63, 3.8) is 0 Å². The van der Waals surface area contributed by atoms with Gasteiger partial charge in [-0.05, 0) is 26.3 Å². The molecule has 0 aliphatic heterocycles. The Morgan fingerprint density at radius 1 is 1.56 bits per heavy atom. The second-order valence-corrected chi connectivity index (χ2v) is 5.42. The first-order valence-corrected chi connectivity index (χ1v) is 7.01.